The molecule has 1 heterocycles. The Kier molecular flexibility index (Phi) is 6.62. The van der Waals surface area contributed by atoms with Gasteiger partial charge in [0.25, 0.3) is 11.1 Å². The number of Topliss-reactive ketones (excluding diaryl/α,β-unsaturated/α-hetero) is 1. The normalized spacial score (nSPS) is 16.1. The van der Waals surface area contributed by atoms with Crippen molar-refractivity contribution in [1.82, 2.24) is 4.90 Å². The molecule has 0 radical (unpaired) electrons. The van der Waals surface area contributed by atoms with Crippen LogP contribution in [0.15, 0.2) is 41.3 Å². The number of hydrogen-bond acceptors (Lipinski definition) is 5. The minimum Gasteiger partial charge on any atom is -0.507 e. The standard InChI is InChI=1S/C27H31NO4S/c1-16-8-10-18(11-9-16)21(29)15-28-24(31)22(33-25(28)32)14-17-12-19(26(2,3)4)23(30)20(13-17)27(5,6)7/h8-14,30H,15H2,1-7H3/b22-14-. The highest BCUT2D eigenvalue weighted by Crippen LogP contribution is 2.41. The Hall–Kier alpha value is -2.86. The average molecular weight is 466 g/mol. The molecular formula is C27H31NO4S. The summed E-state index contributed by atoms with van der Waals surface area (Å²) in [4.78, 5) is 39.4. The summed E-state index contributed by atoms with van der Waals surface area (Å²) in [6.45, 7) is 13.7. The van der Waals surface area contributed by atoms with Gasteiger partial charge in [-0.25, -0.2) is 0 Å². The van der Waals surface area contributed by atoms with Gasteiger partial charge in [-0.05, 0) is 53.3 Å². The van der Waals surface area contributed by atoms with E-state index in [0.717, 1.165) is 38.9 Å². The van der Waals surface area contributed by atoms with Gasteiger partial charge in [-0.1, -0.05) is 71.4 Å². The number of carbonyl (C=O) groups is 3. The topological polar surface area (TPSA) is 74.7 Å². The molecule has 1 N–H and O–H groups in total. The molecule has 0 spiro atoms. The SMILES string of the molecule is Cc1ccc(C(=O)CN2C(=O)S/C(=C\c3cc(C(C)(C)C)c(O)c(C(C)(C)C)c3)C2=O)cc1. The summed E-state index contributed by atoms with van der Waals surface area (Å²) < 4.78 is 0. The second-order valence-corrected chi connectivity index (χ2v) is 11.5. The summed E-state index contributed by atoms with van der Waals surface area (Å²) in [5.41, 5.74) is 3.15. The van der Waals surface area contributed by atoms with E-state index < -0.39 is 11.1 Å². The Morgan fingerprint density at radius 3 is 1.97 bits per heavy atom. The van der Waals surface area contributed by atoms with Gasteiger partial charge in [0.2, 0.25) is 0 Å². The van der Waals surface area contributed by atoms with Crippen molar-refractivity contribution < 1.29 is 19.5 Å². The summed E-state index contributed by atoms with van der Waals surface area (Å²) in [7, 11) is 0. The van der Waals surface area contributed by atoms with Crippen LogP contribution in [-0.4, -0.2) is 33.5 Å². The lowest BCUT2D eigenvalue weighted by Gasteiger charge is -2.28. The molecule has 0 atom stereocenters. The largest absolute Gasteiger partial charge is 0.507 e. The first-order chi connectivity index (χ1) is 15.2. The van der Waals surface area contributed by atoms with E-state index in [1.165, 1.54) is 0 Å². The number of carbonyl (C=O) groups excluding carboxylic acids is 3. The van der Waals surface area contributed by atoms with E-state index in [0.29, 0.717) is 5.56 Å². The van der Waals surface area contributed by atoms with Crippen LogP contribution in [0.3, 0.4) is 0 Å². The summed E-state index contributed by atoms with van der Waals surface area (Å²) in [5, 5.41) is 10.5. The first-order valence-corrected chi connectivity index (χ1v) is 11.7. The maximum Gasteiger partial charge on any atom is 0.293 e. The molecule has 1 aliphatic heterocycles. The molecule has 6 heteroatoms. The van der Waals surface area contributed by atoms with Crippen LogP contribution < -0.4 is 0 Å². The molecule has 1 aliphatic rings. The summed E-state index contributed by atoms with van der Waals surface area (Å²) in [6, 6.07) is 10.8. The predicted molar refractivity (Wildman–Crippen MR) is 134 cm³/mol. The van der Waals surface area contributed by atoms with Crippen molar-refractivity contribution in [3.8, 4) is 5.75 Å². The molecule has 5 nitrogen and oxygen atoms in total. The Balaban J connectivity index is 1.94. The third kappa shape index (κ3) is 5.38. The van der Waals surface area contributed by atoms with Crippen molar-refractivity contribution in [3.63, 3.8) is 0 Å². The number of thioether (sulfide) groups is 1. The van der Waals surface area contributed by atoms with E-state index >= 15 is 0 Å². The van der Waals surface area contributed by atoms with Crippen molar-refractivity contribution in [3.05, 3.63) is 69.1 Å². The van der Waals surface area contributed by atoms with Gasteiger partial charge in [0.1, 0.15) is 5.75 Å². The van der Waals surface area contributed by atoms with E-state index in [4.69, 9.17) is 0 Å². The van der Waals surface area contributed by atoms with E-state index in [2.05, 4.69) is 0 Å². The molecule has 33 heavy (non-hydrogen) atoms. The van der Waals surface area contributed by atoms with Gasteiger partial charge >= 0.3 is 0 Å². The number of aromatic hydroxyl groups is 1. The molecule has 2 amide bonds. The highest BCUT2D eigenvalue weighted by atomic mass is 32.2. The number of hydrogen-bond donors (Lipinski definition) is 1. The minimum atomic E-state index is -0.479. The molecule has 2 aromatic rings. The zero-order valence-corrected chi connectivity index (χ0v) is 21.1. The number of phenolic OH excluding ortho intramolecular Hbond substituents is 1. The number of imide groups is 1. The number of ketones is 1. The lowest BCUT2D eigenvalue weighted by atomic mass is 9.78. The maximum atomic E-state index is 13.0. The van der Waals surface area contributed by atoms with Crippen LogP contribution in [0.2, 0.25) is 0 Å². The fraction of sp³-hybridized carbons (Fsp3) is 0.370. The minimum absolute atomic E-state index is 0.254. The van der Waals surface area contributed by atoms with Crippen molar-refractivity contribution >= 4 is 34.8 Å². The monoisotopic (exact) mass is 465 g/mol. The molecule has 0 unspecified atom stereocenters. The second-order valence-electron chi connectivity index (χ2n) is 10.5. The average Bonchev–Trinajstić information content (AvgIpc) is 2.95. The van der Waals surface area contributed by atoms with E-state index in [1.54, 1.807) is 18.2 Å². The fourth-order valence-corrected chi connectivity index (χ4v) is 4.48. The second kappa shape index (κ2) is 8.82. The Morgan fingerprint density at radius 1 is 0.970 bits per heavy atom. The Morgan fingerprint density at radius 2 is 1.48 bits per heavy atom. The third-order valence-corrected chi connectivity index (χ3v) is 6.50. The van der Waals surface area contributed by atoms with Gasteiger partial charge in [0.15, 0.2) is 5.78 Å². The predicted octanol–water partition coefficient (Wildman–Crippen LogP) is 6.21. The van der Waals surface area contributed by atoms with Crippen molar-refractivity contribution in [2.75, 3.05) is 6.54 Å². The molecule has 1 fully saturated rings. The van der Waals surface area contributed by atoms with Crippen LogP contribution in [0.1, 0.15) is 74.2 Å². The van der Waals surface area contributed by atoms with E-state index in [-0.39, 0.29) is 33.8 Å². The quantitative estimate of drug-likeness (QED) is 0.429. The van der Waals surface area contributed by atoms with Crippen LogP contribution in [0.4, 0.5) is 4.79 Å². The third-order valence-electron chi connectivity index (χ3n) is 5.59. The summed E-state index contributed by atoms with van der Waals surface area (Å²) in [6.07, 6.45) is 1.67. The first-order valence-electron chi connectivity index (χ1n) is 10.9. The van der Waals surface area contributed by atoms with Crippen molar-refractivity contribution in [2.24, 2.45) is 0 Å². The van der Waals surface area contributed by atoms with Crippen molar-refractivity contribution in [1.29, 1.82) is 0 Å². The van der Waals surface area contributed by atoms with Gasteiger partial charge in [-0.15, -0.1) is 0 Å². The zero-order valence-electron chi connectivity index (χ0n) is 20.3. The Labute approximate surface area is 199 Å². The van der Waals surface area contributed by atoms with Crippen molar-refractivity contribution in [2.45, 2.75) is 59.3 Å². The molecule has 0 aliphatic carbocycles. The molecule has 0 saturated carbocycles. The Bertz CT molecular complexity index is 1110. The van der Waals surface area contributed by atoms with Crippen LogP contribution in [0.25, 0.3) is 6.08 Å². The van der Waals surface area contributed by atoms with Gasteiger partial charge in [-0.2, -0.15) is 0 Å². The number of benzene rings is 2. The number of aryl methyl sites for hydroxylation is 1. The van der Waals surface area contributed by atoms with Crippen LogP contribution >= 0.6 is 11.8 Å². The smallest absolute Gasteiger partial charge is 0.293 e. The van der Waals surface area contributed by atoms with Gasteiger partial charge < -0.3 is 5.11 Å². The van der Waals surface area contributed by atoms with Gasteiger partial charge in [0, 0.05) is 16.7 Å². The molecule has 174 valence electrons. The zero-order chi connectivity index (χ0) is 24.7. The number of rotatable bonds is 4. The van der Waals surface area contributed by atoms with Crippen LogP contribution in [0, 0.1) is 6.92 Å². The molecule has 3 rings (SSSR count). The first kappa shape index (κ1) is 24.8. The summed E-state index contributed by atoms with van der Waals surface area (Å²) >= 11 is 0.831. The lowest BCUT2D eigenvalue weighted by Crippen LogP contribution is -2.33. The molecule has 0 bridgehead atoms. The number of amides is 2. The molecular weight excluding hydrogens is 434 g/mol. The van der Waals surface area contributed by atoms with Gasteiger partial charge in [-0.3, -0.25) is 19.3 Å². The summed E-state index contributed by atoms with van der Waals surface area (Å²) in [5.74, 6) is -0.509. The van der Waals surface area contributed by atoms with Gasteiger partial charge in [0.05, 0.1) is 11.4 Å². The number of phenols is 1. The molecule has 2 aromatic carbocycles. The lowest BCUT2D eigenvalue weighted by molar-refractivity contribution is -0.122. The van der Waals surface area contributed by atoms with E-state index in [1.807, 2.05) is 72.7 Å². The van der Waals surface area contributed by atoms with Crippen LogP contribution in [0.5, 0.6) is 5.75 Å². The maximum absolute atomic E-state index is 13.0. The fourth-order valence-electron chi connectivity index (χ4n) is 3.65. The molecule has 0 aromatic heterocycles. The molecule has 1 saturated heterocycles. The van der Waals surface area contributed by atoms with Crippen LogP contribution in [-0.2, 0) is 15.6 Å². The van der Waals surface area contributed by atoms with E-state index in [9.17, 15) is 19.5 Å². The number of nitrogens with zero attached hydrogens (tertiary/aromatic N) is 1. The highest BCUT2D eigenvalue weighted by molar-refractivity contribution is 8.18. The highest BCUT2D eigenvalue weighted by Gasteiger charge is 2.36.